The first-order valence-electron chi connectivity index (χ1n) is 10.3. The van der Waals surface area contributed by atoms with E-state index in [0.29, 0.717) is 22.8 Å². The van der Waals surface area contributed by atoms with Crippen LogP contribution in [0.15, 0.2) is 103 Å². The molecule has 0 radical (unpaired) electrons. The van der Waals surface area contributed by atoms with Crippen LogP contribution < -0.4 is 9.30 Å². The molecule has 0 fully saturated rings. The van der Waals surface area contributed by atoms with E-state index in [1.807, 2.05) is 30.3 Å². The van der Waals surface area contributed by atoms with Crippen molar-refractivity contribution in [3.8, 4) is 16.9 Å². The van der Waals surface area contributed by atoms with Gasteiger partial charge in [0.05, 0.1) is 6.61 Å². The van der Waals surface area contributed by atoms with Crippen molar-refractivity contribution >= 4 is 17.4 Å². The molecule has 0 saturated carbocycles. The first-order valence-corrected chi connectivity index (χ1v) is 10.6. The molecule has 3 aromatic carbocycles. The summed E-state index contributed by atoms with van der Waals surface area (Å²) >= 11 is 5.89. The molecule has 0 N–H and O–H groups in total. The normalized spacial score (nSPS) is 10.6. The molecule has 154 valence electrons. The van der Waals surface area contributed by atoms with Gasteiger partial charge in [0.25, 0.3) is 0 Å². The fourth-order valence-corrected chi connectivity index (χ4v) is 3.46. The second kappa shape index (κ2) is 10.1. The molecule has 0 aliphatic rings. The summed E-state index contributed by atoms with van der Waals surface area (Å²) in [6, 6.07) is 28.8. The lowest BCUT2D eigenvalue weighted by Crippen LogP contribution is -2.33. The van der Waals surface area contributed by atoms with E-state index in [4.69, 9.17) is 16.3 Å². The molecule has 1 heterocycles. The second-order valence-corrected chi connectivity index (χ2v) is 7.69. The standard InChI is InChI=1S/C27H23ClNO2/c28-25-11-7-23(8-12-25)27(30)24-9-13-26(14-10-24)31-20-4-17-29-18-15-22(16-19-29)21-5-2-1-3-6-21/h1-3,5-16,18-19H,4,17,20H2/q+1. The number of rotatable bonds is 8. The minimum absolute atomic E-state index is 0.0291. The molecule has 0 unspecified atom stereocenters. The lowest BCUT2D eigenvalue weighted by Gasteiger charge is -2.07. The Morgan fingerprint density at radius 2 is 1.32 bits per heavy atom. The lowest BCUT2D eigenvalue weighted by atomic mass is 10.0. The Kier molecular flexibility index (Phi) is 6.75. The molecular weight excluding hydrogens is 406 g/mol. The molecule has 0 aliphatic heterocycles. The molecule has 3 nitrogen and oxygen atoms in total. The van der Waals surface area contributed by atoms with E-state index in [1.54, 1.807) is 36.4 Å². The third-order valence-corrected chi connectivity index (χ3v) is 5.30. The number of halogens is 1. The number of aryl methyl sites for hydroxylation is 1. The Hall–Kier alpha value is -3.43. The Labute approximate surface area is 187 Å². The van der Waals surface area contributed by atoms with Gasteiger partial charge in [-0.15, -0.1) is 0 Å². The monoisotopic (exact) mass is 428 g/mol. The summed E-state index contributed by atoms with van der Waals surface area (Å²) in [5.74, 6) is 0.732. The van der Waals surface area contributed by atoms with Crippen molar-refractivity contribution in [2.75, 3.05) is 6.61 Å². The van der Waals surface area contributed by atoms with Crippen molar-refractivity contribution in [1.29, 1.82) is 0 Å². The Morgan fingerprint density at radius 1 is 0.742 bits per heavy atom. The summed E-state index contributed by atoms with van der Waals surface area (Å²) in [4.78, 5) is 12.5. The van der Waals surface area contributed by atoms with E-state index < -0.39 is 0 Å². The van der Waals surface area contributed by atoms with Crippen LogP contribution in [0, 0.1) is 0 Å². The van der Waals surface area contributed by atoms with Crippen LogP contribution in [0.1, 0.15) is 22.3 Å². The molecule has 0 saturated heterocycles. The molecule has 0 spiro atoms. The number of carbonyl (C=O) groups excluding carboxylic acids is 1. The Balaban J connectivity index is 1.25. The zero-order valence-corrected chi connectivity index (χ0v) is 17.8. The number of ketones is 1. The van der Waals surface area contributed by atoms with Gasteiger partial charge in [0.15, 0.2) is 24.7 Å². The van der Waals surface area contributed by atoms with Gasteiger partial charge in [-0.05, 0) is 59.7 Å². The molecule has 31 heavy (non-hydrogen) atoms. The highest BCUT2D eigenvalue weighted by atomic mass is 35.5. The molecule has 4 rings (SSSR count). The van der Waals surface area contributed by atoms with Gasteiger partial charge in [0.1, 0.15) is 5.75 Å². The first kappa shape index (κ1) is 20.8. The van der Waals surface area contributed by atoms with Crippen LogP contribution in [0.3, 0.4) is 0 Å². The fourth-order valence-electron chi connectivity index (χ4n) is 3.34. The van der Waals surface area contributed by atoms with Gasteiger partial charge >= 0.3 is 0 Å². The average molecular weight is 429 g/mol. The maximum absolute atomic E-state index is 12.5. The summed E-state index contributed by atoms with van der Waals surface area (Å²) in [7, 11) is 0. The number of benzene rings is 3. The van der Waals surface area contributed by atoms with Crippen molar-refractivity contribution in [1.82, 2.24) is 0 Å². The smallest absolute Gasteiger partial charge is 0.193 e. The summed E-state index contributed by atoms with van der Waals surface area (Å²) in [6.45, 7) is 1.49. The van der Waals surface area contributed by atoms with E-state index in [9.17, 15) is 4.79 Å². The largest absolute Gasteiger partial charge is 0.493 e. The molecular formula is C27H23ClNO2+. The minimum Gasteiger partial charge on any atom is -0.493 e. The maximum Gasteiger partial charge on any atom is 0.193 e. The predicted octanol–water partition coefficient (Wildman–Crippen LogP) is 5.99. The van der Waals surface area contributed by atoms with Crippen LogP contribution in [-0.2, 0) is 6.54 Å². The van der Waals surface area contributed by atoms with Gasteiger partial charge in [-0.2, -0.15) is 0 Å². The zero-order valence-electron chi connectivity index (χ0n) is 17.1. The maximum atomic E-state index is 12.5. The van der Waals surface area contributed by atoms with E-state index in [-0.39, 0.29) is 5.78 Å². The molecule has 0 aliphatic carbocycles. The topological polar surface area (TPSA) is 30.2 Å². The summed E-state index contributed by atoms with van der Waals surface area (Å²) < 4.78 is 7.99. The van der Waals surface area contributed by atoms with E-state index >= 15 is 0 Å². The predicted molar refractivity (Wildman–Crippen MR) is 124 cm³/mol. The number of nitrogens with zero attached hydrogens (tertiary/aromatic N) is 1. The molecule has 0 amide bonds. The molecule has 4 heteroatoms. The molecule has 0 atom stereocenters. The number of pyridine rings is 1. The van der Waals surface area contributed by atoms with Crippen LogP contribution >= 0.6 is 11.6 Å². The second-order valence-electron chi connectivity index (χ2n) is 7.25. The highest BCUT2D eigenvalue weighted by Crippen LogP contribution is 2.18. The van der Waals surface area contributed by atoms with Gasteiger partial charge in [-0.1, -0.05) is 41.9 Å². The third-order valence-electron chi connectivity index (χ3n) is 5.05. The summed E-state index contributed by atoms with van der Waals surface area (Å²) in [5, 5.41) is 0.616. The van der Waals surface area contributed by atoms with Crippen LogP contribution in [0.4, 0.5) is 0 Å². The first-order chi connectivity index (χ1) is 15.2. The third kappa shape index (κ3) is 5.59. The van der Waals surface area contributed by atoms with Gasteiger partial charge in [-0.3, -0.25) is 4.79 Å². The minimum atomic E-state index is -0.0291. The molecule has 1 aromatic heterocycles. The van der Waals surface area contributed by atoms with E-state index in [1.165, 1.54) is 11.1 Å². The van der Waals surface area contributed by atoms with Crippen molar-refractivity contribution in [2.24, 2.45) is 0 Å². The van der Waals surface area contributed by atoms with Crippen molar-refractivity contribution < 1.29 is 14.1 Å². The molecule has 0 bridgehead atoms. The zero-order chi connectivity index (χ0) is 21.5. The van der Waals surface area contributed by atoms with Gasteiger partial charge in [0.2, 0.25) is 0 Å². The lowest BCUT2D eigenvalue weighted by molar-refractivity contribution is -0.697. The van der Waals surface area contributed by atoms with Crippen molar-refractivity contribution in [3.05, 3.63) is 120 Å². The van der Waals surface area contributed by atoms with Crippen LogP contribution in [-0.4, -0.2) is 12.4 Å². The van der Waals surface area contributed by atoms with Crippen LogP contribution in [0.5, 0.6) is 5.75 Å². The number of carbonyl (C=O) groups is 1. The van der Waals surface area contributed by atoms with Gasteiger partial charge in [-0.25, -0.2) is 4.57 Å². The van der Waals surface area contributed by atoms with Gasteiger partial charge in [0, 0.05) is 34.7 Å². The van der Waals surface area contributed by atoms with Gasteiger partial charge < -0.3 is 4.74 Å². The highest BCUT2D eigenvalue weighted by Gasteiger charge is 2.09. The summed E-state index contributed by atoms with van der Waals surface area (Å²) in [6.07, 6.45) is 5.08. The number of aromatic nitrogens is 1. The number of ether oxygens (including phenoxy) is 1. The Bertz CT molecular complexity index is 1120. The molecule has 4 aromatic rings. The fraction of sp³-hybridized carbons (Fsp3) is 0.111. The highest BCUT2D eigenvalue weighted by molar-refractivity contribution is 6.30. The summed E-state index contributed by atoms with van der Waals surface area (Å²) in [5.41, 5.74) is 3.68. The quantitative estimate of drug-likeness (QED) is 0.196. The van der Waals surface area contributed by atoms with Crippen LogP contribution in [0.25, 0.3) is 11.1 Å². The van der Waals surface area contributed by atoms with Crippen LogP contribution in [0.2, 0.25) is 5.02 Å². The van der Waals surface area contributed by atoms with Crippen molar-refractivity contribution in [3.63, 3.8) is 0 Å². The average Bonchev–Trinajstić information content (AvgIpc) is 2.83. The van der Waals surface area contributed by atoms with E-state index in [2.05, 4.69) is 41.2 Å². The number of hydrogen-bond donors (Lipinski definition) is 0. The van der Waals surface area contributed by atoms with Crippen molar-refractivity contribution in [2.45, 2.75) is 13.0 Å². The van der Waals surface area contributed by atoms with E-state index in [0.717, 1.165) is 18.7 Å². The number of hydrogen-bond acceptors (Lipinski definition) is 2. The SMILES string of the molecule is O=C(c1ccc(Cl)cc1)c1ccc(OCCC[n+]2ccc(-c3ccccc3)cc2)cc1. The Morgan fingerprint density at radius 3 is 1.97 bits per heavy atom.